The number of para-hydroxylation sites is 5. The van der Waals surface area contributed by atoms with E-state index in [1.165, 1.54) is 42.4 Å². The lowest BCUT2D eigenvalue weighted by Crippen LogP contribution is -2.14. The van der Waals surface area contributed by atoms with Crippen molar-refractivity contribution in [2.75, 3.05) is 0 Å². The number of hydrogen-bond donors (Lipinski definition) is 0. The Morgan fingerprint density at radius 2 is 0.721 bits per heavy atom. The van der Waals surface area contributed by atoms with Crippen molar-refractivity contribution >= 4 is 141 Å². The molecule has 662 valence electrons. The van der Waals surface area contributed by atoms with Crippen molar-refractivity contribution in [2.45, 2.75) is 257 Å². The van der Waals surface area contributed by atoms with E-state index in [4.69, 9.17) is 41.3 Å². The molecule has 0 saturated heterocycles. The highest BCUT2D eigenvalue weighted by molar-refractivity contribution is 7.26. The number of rotatable bonds is 4. The van der Waals surface area contributed by atoms with Crippen LogP contribution < -0.4 is 0 Å². The zero-order valence-corrected chi connectivity index (χ0v) is 80.8. The molecule has 0 unspecified atom stereocenters. The fourth-order valence-electron chi connectivity index (χ4n) is 18.4. The van der Waals surface area contributed by atoms with E-state index >= 15 is 0 Å². The predicted molar refractivity (Wildman–Crippen MR) is 561 cm³/mol. The van der Waals surface area contributed by atoms with Crippen LogP contribution in [0.1, 0.15) is 276 Å². The average Bonchev–Trinajstić information content (AvgIpc) is 1.57. The number of furan rings is 5. The molecule has 0 amide bonds. The molecule has 20 aromatic rings. The zero-order valence-electron chi connectivity index (χ0n) is 94.0. The molecule has 129 heavy (non-hydrogen) atoms. The SMILES string of the molecule is CC(C)(C)c1cccc2c1sc1ccccc12.[2H]C([2H])(C)c1c(C(C)(C)C)ccc2c1oc1ccccc12.[2H]C([2H])(C)c1cc2oc3ccccc3c2cc1C(C)(C)C.[2H]C([2H])(C)c1ccc2c(oc3ccccc32)c1C(C)(C)C.[2H]C([2H])(C)c1ccc2oc3ccccc3c2c1C(C)(C)C.[2H]C([2H])([2H])c1c(C(C)(C)C)ccc2oc3ccccc3c12.[2H]C([2H])([2H])c1cc2c(cc1C(C)(C)C)Cc1ccccc1-2. The number of benzene rings is 14. The van der Waals surface area contributed by atoms with Crippen LogP contribution in [0.2, 0.25) is 0 Å². The number of thiophene rings is 1. The summed E-state index contributed by atoms with van der Waals surface area (Å²) in [6, 6.07) is 86.5. The van der Waals surface area contributed by atoms with E-state index in [0.717, 1.165) is 149 Å². The molecule has 6 heterocycles. The fourth-order valence-corrected chi connectivity index (χ4v) is 19.8. The van der Waals surface area contributed by atoms with Gasteiger partial charge in [0, 0.05) is 98.8 Å². The summed E-state index contributed by atoms with van der Waals surface area (Å²) >= 11 is 1.92. The van der Waals surface area contributed by atoms with E-state index in [1.807, 2.05) is 220 Å². The molecular formula is C123H134O5S. The molecule has 0 bridgehead atoms. The van der Waals surface area contributed by atoms with Crippen molar-refractivity contribution in [2.24, 2.45) is 0 Å². The van der Waals surface area contributed by atoms with E-state index < -0.39 is 39.2 Å². The van der Waals surface area contributed by atoms with Crippen molar-refractivity contribution in [1.82, 2.24) is 0 Å². The van der Waals surface area contributed by atoms with Gasteiger partial charge < -0.3 is 22.1 Å². The Labute approximate surface area is 790 Å². The predicted octanol–water partition coefficient (Wildman–Crippen LogP) is 37.2. The van der Waals surface area contributed by atoms with E-state index in [0.29, 0.717) is 39.0 Å². The Morgan fingerprint density at radius 3 is 1.27 bits per heavy atom. The number of hydrogen-bond acceptors (Lipinski definition) is 6. The minimum Gasteiger partial charge on any atom is -0.456 e. The minimum atomic E-state index is -2.17. The first-order chi connectivity index (χ1) is 66.2. The summed E-state index contributed by atoms with van der Waals surface area (Å²) < 4.78 is 145. The van der Waals surface area contributed by atoms with Gasteiger partial charge in [-0.3, -0.25) is 0 Å². The molecule has 0 aliphatic heterocycles. The Kier molecular flexibility index (Phi) is 21.0. The third-order valence-electron chi connectivity index (χ3n) is 24.6. The third kappa shape index (κ3) is 18.7. The van der Waals surface area contributed by atoms with Gasteiger partial charge >= 0.3 is 0 Å². The first kappa shape index (κ1) is 75.1. The quantitative estimate of drug-likeness (QED) is 0.176. The first-order valence-electron chi connectivity index (χ1n) is 52.1. The van der Waals surface area contributed by atoms with Crippen LogP contribution in [0.15, 0.2) is 283 Å². The second-order valence-electron chi connectivity index (χ2n) is 41.3. The van der Waals surface area contributed by atoms with E-state index in [2.05, 4.69) is 197 Å². The van der Waals surface area contributed by atoms with Crippen molar-refractivity contribution < 1.29 is 41.3 Å². The maximum Gasteiger partial charge on any atom is 0.139 e. The molecule has 21 rings (SSSR count). The van der Waals surface area contributed by atoms with Crippen LogP contribution >= 0.6 is 11.3 Å². The molecule has 1 aliphatic carbocycles. The largest absolute Gasteiger partial charge is 0.456 e. The lowest BCUT2D eigenvalue weighted by Gasteiger charge is -2.23. The van der Waals surface area contributed by atoms with Gasteiger partial charge in [-0.2, -0.15) is 0 Å². The highest BCUT2D eigenvalue weighted by atomic mass is 32.1. The summed E-state index contributed by atoms with van der Waals surface area (Å²) in [5.74, 6) is 0. The molecule has 0 radical (unpaired) electrons. The minimum absolute atomic E-state index is 0.120. The topological polar surface area (TPSA) is 65.7 Å². The van der Waals surface area contributed by atoms with Crippen LogP contribution in [-0.4, -0.2) is 0 Å². The van der Waals surface area contributed by atoms with Crippen molar-refractivity contribution in [3.63, 3.8) is 0 Å². The molecule has 1 aliphatic rings. The van der Waals surface area contributed by atoms with Crippen LogP contribution in [0.25, 0.3) is 141 Å². The van der Waals surface area contributed by atoms with Crippen LogP contribution in [-0.2, 0) is 69.8 Å². The second kappa shape index (κ2) is 36.0. The Hall–Kier alpha value is -11.7. The highest BCUT2D eigenvalue weighted by Gasteiger charge is 2.30. The van der Waals surface area contributed by atoms with Crippen molar-refractivity contribution in [3.05, 3.63) is 344 Å². The molecule has 6 aromatic heterocycles. The van der Waals surface area contributed by atoms with Crippen LogP contribution in [0.4, 0.5) is 0 Å². The number of aryl methyl sites for hydroxylation is 6. The summed E-state index contributed by atoms with van der Waals surface area (Å²) in [7, 11) is 0. The Balaban J connectivity index is 0.000000126. The highest BCUT2D eigenvalue weighted by Crippen LogP contribution is 2.47. The summed E-state index contributed by atoms with van der Waals surface area (Å²) in [5.41, 5.74) is 22.8. The normalized spacial score (nSPS) is 14.8. The van der Waals surface area contributed by atoms with Crippen molar-refractivity contribution in [3.8, 4) is 11.1 Å². The van der Waals surface area contributed by atoms with Gasteiger partial charge in [-0.15, -0.1) is 11.3 Å². The van der Waals surface area contributed by atoms with E-state index in [9.17, 15) is 0 Å². The van der Waals surface area contributed by atoms with E-state index in [1.54, 1.807) is 27.7 Å². The van der Waals surface area contributed by atoms with Gasteiger partial charge in [0.05, 0.1) is 0 Å². The maximum atomic E-state index is 8.26. The lowest BCUT2D eigenvalue weighted by molar-refractivity contribution is 0.566. The standard InChI is InChI=1S/4C18H20O.C18H20.C17H18O.C16H16S/c1-5-12-10-17-14(11-15(12)18(2,3)4)13-8-6-7-9-16(13)19-17;1-5-12-15(18(2,3)4)11-10-14-13-8-6-7-9-16(13)19-17(12)14;1-5-12-10-11-14-13-8-6-7-9-15(13)19-17(14)16(12)18(2,3)4;1-5-12-10-11-15-16(17(12)18(2,3)4)13-8-6-7-9-14(13)19-15;1-12-9-16-14(11-17(12)18(2,3)4)10-13-7-5-6-8-15(13)16;1-11-13(17(2,3)4)9-10-15-16(11)12-7-5-6-8-14(12)18-15;1-16(2,3)13-9-6-8-12-11-7-4-5-10-14(11)17-15(12)13/h4*6-11H,5H2,1-4H3;5-9,11H,10H2,1-4H3;5-10H,1-4H3;4-10H,1-3H3/i4*5D2;2*1D3;. The lowest BCUT2D eigenvalue weighted by atomic mass is 9.80. The van der Waals surface area contributed by atoms with Crippen LogP contribution in [0.5, 0.6) is 0 Å². The molecule has 14 aromatic carbocycles. The Bertz CT molecular complexity index is 7820. The third-order valence-corrected chi connectivity index (χ3v) is 25.9. The molecule has 0 spiro atoms. The number of fused-ring (bicyclic) bond motifs is 21. The van der Waals surface area contributed by atoms with Gasteiger partial charge in [0.2, 0.25) is 0 Å². The van der Waals surface area contributed by atoms with Crippen LogP contribution in [0.3, 0.4) is 0 Å². The summed E-state index contributed by atoms with van der Waals surface area (Å²) in [5, 5.41) is 12.8. The van der Waals surface area contributed by atoms with Gasteiger partial charge in [-0.05, 0) is 233 Å². The van der Waals surface area contributed by atoms with E-state index in [-0.39, 0.29) is 37.9 Å². The molecule has 6 heteroatoms. The monoisotopic (exact) mass is 1740 g/mol. The van der Waals surface area contributed by atoms with Crippen LogP contribution in [0, 0.1) is 13.7 Å². The fraction of sp³-hybridized carbons (Fsp3) is 0.317. The first-order valence-corrected chi connectivity index (χ1v) is 46.0. The summed E-state index contributed by atoms with van der Waals surface area (Å²) in [4.78, 5) is 0. The zero-order chi connectivity index (χ0) is 105. The smallest absolute Gasteiger partial charge is 0.139 e. The van der Waals surface area contributed by atoms with Crippen molar-refractivity contribution in [1.29, 1.82) is 0 Å². The average molecular weight is 1740 g/mol. The second-order valence-corrected chi connectivity index (χ2v) is 42.3. The molecule has 0 atom stereocenters. The van der Waals surface area contributed by atoms with Gasteiger partial charge in [0.25, 0.3) is 0 Å². The summed E-state index contributed by atoms with van der Waals surface area (Å²) in [6.07, 6.45) is -4.72. The molecule has 0 fully saturated rings. The van der Waals surface area contributed by atoms with Gasteiger partial charge in [0.1, 0.15) is 55.8 Å². The molecule has 0 N–H and O–H groups in total. The van der Waals surface area contributed by atoms with Gasteiger partial charge in [0.15, 0.2) is 0 Å². The van der Waals surface area contributed by atoms with Gasteiger partial charge in [-0.1, -0.05) is 373 Å². The molecular weight excluding hydrogens is 1590 g/mol. The molecule has 0 saturated carbocycles. The molecule has 5 nitrogen and oxygen atoms in total. The summed E-state index contributed by atoms with van der Waals surface area (Å²) in [6.45, 7) is 46.7. The maximum absolute atomic E-state index is 8.26. The Morgan fingerprint density at radius 1 is 0.279 bits per heavy atom. The van der Waals surface area contributed by atoms with Gasteiger partial charge in [-0.25, -0.2) is 0 Å².